The number of nitrogens with two attached hydrogens (primary N) is 1. The highest BCUT2D eigenvalue weighted by atomic mass is 16.5. The zero-order chi connectivity index (χ0) is 12.7. The lowest BCUT2D eigenvalue weighted by atomic mass is 10.1. The summed E-state index contributed by atoms with van der Waals surface area (Å²) < 4.78 is 10.9. The SMILES string of the molecule is Nc1nc2c([C@H]3CC[C@@H](CO)O3)coc2c(=O)[nH]1. The number of anilines is 1. The molecule has 1 saturated heterocycles. The molecule has 0 radical (unpaired) electrons. The van der Waals surface area contributed by atoms with Gasteiger partial charge in [-0.15, -0.1) is 0 Å². The van der Waals surface area contributed by atoms with Gasteiger partial charge in [-0.1, -0.05) is 0 Å². The summed E-state index contributed by atoms with van der Waals surface area (Å²) in [6.45, 7) is -0.0115. The van der Waals surface area contributed by atoms with Gasteiger partial charge in [-0.05, 0) is 12.8 Å². The molecule has 0 amide bonds. The van der Waals surface area contributed by atoms with Gasteiger partial charge in [-0.2, -0.15) is 0 Å². The lowest BCUT2D eigenvalue weighted by Gasteiger charge is -2.10. The summed E-state index contributed by atoms with van der Waals surface area (Å²) in [4.78, 5) is 18.0. The van der Waals surface area contributed by atoms with Crippen LogP contribution in [-0.2, 0) is 4.74 Å². The normalized spacial score (nSPS) is 23.8. The van der Waals surface area contributed by atoms with Gasteiger partial charge in [0.2, 0.25) is 11.5 Å². The van der Waals surface area contributed by atoms with Gasteiger partial charge in [-0.3, -0.25) is 9.78 Å². The Bertz CT molecular complexity index is 633. The van der Waals surface area contributed by atoms with Crippen molar-refractivity contribution in [1.82, 2.24) is 9.97 Å². The number of aliphatic hydroxyl groups is 1. The number of H-pyrrole nitrogens is 1. The second-order valence-corrected chi connectivity index (χ2v) is 4.33. The number of nitrogen functional groups attached to an aromatic ring is 1. The number of nitrogens with one attached hydrogen (secondary N) is 1. The van der Waals surface area contributed by atoms with Crippen molar-refractivity contribution in [2.75, 3.05) is 12.3 Å². The number of hydrogen-bond donors (Lipinski definition) is 3. The lowest BCUT2D eigenvalue weighted by Crippen LogP contribution is -2.12. The number of fused-ring (bicyclic) bond motifs is 1. The average Bonchev–Trinajstić information content (AvgIpc) is 2.93. The number of aromatic amines is 1. The van der Waals surface area contributed by atoms with Crippen LogP contribution in [0.25, 0.3) is 11.1 Å². The quantitative estimate of drug-likeness (QED) is 0.707. The van der Waals surface area contributed by atoms with Crippen LogP contribution in [0.3, 0.4) is 0 Å². The van der Waals surface area contributed by atoms with Crippen LogP contribution in [-0.4, -0.2) is 27.8 Å². The second-order valence-electron chi connectivity index (χ2n) is 4.33. The third kappa shape index (κ3) is 1.68. The van der Waals surface area contributed by atoms with Gasteiger partial charge in [0, 0.05) is 5.56 Å². The van der Waals surface area contributed by atoms with E-state index in [-0.39, 0.29) is 30.3 Å². The number of hydrogen-bond acceptors (Lipinski definition) is 6. The maximum Gasteiger partial charge on any atom is 0.295 e. The molecule has 7 heteroatoms. The van der Waals surface area contributed by atoms with Gasteiger partial charge in [0.1, 0.15) is 5.52 Å². The second kappa shape index (κ2) is 4.11. The van der Waals surface area contributed by atoms with Crippen molar-refractivity contribution in [2.45, 2.75) is 25.0 Å². The maximum absolute atomic E-state index is 11.6. The summed E-state index contributed by atoms with van der Waals surface area (Å²) >= 11 is 0. The fourth-order valence-electron chi connectivity index (χ4n) is 2.26. The largest absolute Gasteiger partial charge is 0.456 e. The predicted octanol–water partition coefficient (Wildman–Crippen LogP) is 0.311. The predicted molar refractivity (Wildman–Crippen MR) is 63.0 cm³/mol. The zero-order valence-electron chi connectivity index (χ0n) is 9.55. The Balaban J connectivity index is 2.05. The first-order chi connectivity index (χ1) is 8.69. The molecule has 7 nitrogen and oxygen atoms in total. The van der Waals surface area contributed by atoms with Crippen molar-refractivity contribution in [3.8, 4) is 0 Å². The number of ether oxygens (including phenoxy) is 1. The third-order valence-corrected chi connectivity index (χ3v) is 3.13. The highest BCUT2D eigenvalue weighted by molar-refractivity contribution is 5.76. The maximum atomic E-state index is 11.6. The molecule has 18 heavy (non-hydrogen) atoms. The molecule has 4 N–H and O–H groups in total. The number of furan rings is 1. The van der Waals surface area contributed by atoms with E-state index < -0.39 is 5.56 Å². The van der Waals surface area contributed by atoms with Crippen molar-refractivity contribution < 1.29 is 14.3 Å². The molecule has 1 fully saturated rings. The molecular formula is C11H13N3O4. The minimum Gasteiger partial charge on any atom is -0.456 e. The van der Waals surface area contributed by atoms with Crippen molar-refractivity contribution in [3.05, 3.63) is 22.2 Å². The van der Waals surface area contributed by atoms with Gasteiger partial charge in [0.25, 0.3) is 5.56 Å². The standard InChI is InChI=1S/C11H13N3O4/c12-11-13-8-6(4-17-9(8)10(16)14-11)7-2-1-5(3-15)18-7/h4-5,7,15H,1-3H2,(H3,12,13,14,16)/t5-,7+/m0/s1. The molecule has 1 aliphatic rings. The van der Waals surface area contributed by atoms with Crippen LogP contribution in [0.1, 0.15) is 24.5 Å². The first-order valence-corrected chi connectivity index (χ1v) is 5.72. The van der Waals surface area contributed by atoms with Crippen LogP contribution in [0.5, 0.6) is 0 Å². The number of rotatable bonds is 2. The van der Waals surface area contributed by atoms with E-state index in [9.17, 15) is 4.79 Å². The number of aliphatic hydroxyl groups excluding tert-OH is 1. The zero-order valence-corrected chi connectivity index (χ0v) is 9.55. The van der Waals surface area contributed by atoms with Gasteiger partial charge < -0.3 is 20.0 Å². The Kier molecular flexibility index (Phi) is 2.57. The van der Waals surface area contributed by atoms with E-state index in [0.29, 0.717) is 11.1 Å². The Labute approximate surface area is 102 Å². The summed E-state index contributed by atoms with van der Waals surface area (Å²) in [6.07, 6.45) is 2.62. The lowest BCUT2D eigenvalue weighted by molar-refractivity contribution is 0.0112. The van der Waals surface area contributed by atoms with Crippen LogP contribution >= 0.6 is 0 Å². The molecule has 2 atom stereocenters. The average molecular weight is 251 g/mol. The van der Waals surface area contributed by atoms with Crippen LogP contribution < -0.4 is 11.3 Å². The topological polar surface area (TPSA) is 114 Å². The van der Waals surface area contributed by atoms with E-state index in [1.165, 1.54) is 6.26 Å². The van der Waals surface area contributed by atoms with Gasteiger partial charge >= 0.3 is 0 Å². The van der Waals surface area contributed by atoms with Gasteiger partial charge in [0.15, 0.2) is 0 Å². The van der Waals surface area contributed by atoms with Crippen molar-refractivity contribution in [3.63, 3.8) is 0 Å². The molecule has 0 bridgehead atoms. The smallest absolute Gasteiger partial charge is 0.295 e. The molecule has 1 aliphatic heterocycles. The van der Waals surface area contributed by atoms with E-state index in [1.807, 2.05) is 0 Å². The molecule has 3 heterocycles. The minimum atomic E-state index is -0.402. The Morgan fingerprint density at radius 3 is 3.11 bits per heavy atom. The minimum absolute atomic E-state index is 0.0115. The molecule has 0 unspecified atom stereocenters. The molecule has 0 aliphatic carbocycles. The molecule has 96 valence electrons. The molecule has 2 aromatic heterocycles. The Morgan fingerprint density at radius 1 is 1.56 bits per heavy atom. The molecule has 0 saturated carbocycles. The van der Waals surface area contributed by atoms with E-state index in [0.717, 1.165) is 12.8 Å². The highest BCUT2D eigenvalue weighted by Crippen LogP contribution is 2.35. The molecular weight excluding hydrogens is 238 g/mol. The Hall–Kier alpha value is -1.86. The summed E-state index contributed by atoms with van der Waals surface area (Å²) in [5.41, 5.74) is 6.40. The van der Waals surface area contributed by atoms with E-state index in [1.54, 1.807) is 0 Å². The first kappa shape index (κ1) is 11.2. The van der Waals surface area contributed by atoms with Crippen LogP contribution in [0.4, 0.5) is 5.95 Å². The van der Waals surface area contributed by atoms with E-state index in [2.05, 4.69) is 9.97 Å². The molecule has 0 aromatic carbocycles. The summed E-state index contributed by atoms with van der Waals surface area (Å²) in [7, 11) is 0. The van der Waals surface area contributed by atoms with Crippen LogP contribution in [0.15, 0.2) is 15.5 Å². The van der Waals surface area contributed by atoms with Crippen molar-refractivity contribution in [2.24, 2.45) is 0 Å². The number of nitrogens with zero attached hydrogens (tertiary/aromatic N) is 1. The third-order valence-electron chi connectivity index (χ3n) is 3.13. The molecule has 2 aromatic rings. The summed E-state index contributed by atoms with van der Waals surface area (Å²) in [6, 6.07) is 0. The fourth-order valence-corrected chi connectivity index (χ4v) is 2.26. The van der Waals surface area contributed by atoms with Crippen LogP contribution in [0.2, 0.25) is 0 Å². The van der Waals surface area contributed by atoms with Crippen LogP contribution in [0, 0.1) is 0 Å². The molecule has 3 rings (SSSR count). The van der Waals surface area contributed by atoms with E-state index in [4.69, 9.17) is 20.0 Å². The monoisotopic (exact) mass is 251 g/mol. The van der Waals surface area contributed by atoms with Crippen molar-refractivity contribution in [1.29, 1.82) is 0 Å². The fraction of sp³-hybridized carbons (Fsp3) is 0.455. The van der Waals surface area contributed by atoms with E-state index >= 15 is 0 Å². The first-order valence-electron chi connectivity index (χ1n) is 5.72. The van der Waals surface area contributed by atoms with Gasteiger partial charge in [-0.25, -0.2) is 4.98 Å². The highest BCUT2D eigenvalue weighted by Gasteiger charge is 2.29. The van der Waals surface area contributed by atoms with Crippen molar-refractivity contribution >= 4 is 17.0 Å². The van der Waals surface area contributed by atoms with Gasteiger partial charge in [0.05, 0.1) is 25.1 Å². The molecule has 0 spiro atoms. The summed E-state index contributed by atoms with van der Waals surface area (Å²) in [5, 5.41) is 9.04. The summed E-state index contributed by atoms with van der Waals surface area (Å²) in [5.74, 6) is 0.0480. The number of aromatic nitrogens is 2. The Morgan fingerprint density at radius 2 is 2.39 bits per heavy atom.